The smallest absolute Gasteiger partial charge is 0.268 e. The third-order valence-corrected chi connectivity index (χ3v) is 7.01. The van der Waals surface area contributed by atoms with E-state index in [1.807, 2.05) is 42.5 Å². The molecule has 0 radical (unpaired) electrons. The van der Waals surface area contributed by atoms with Gasteiger partial charge in [-0.15, -0.1) is 20.4 Å². The molecule has 11 heteroatoms. The van der Waals surface area contributed by atoms with Crippen molar-refractivity contribution in [3.63, 3.8) is 0 Å². The topological polar surface area (TPSA) is 112 Å². The molecular weight excluding hydrogens is 494 g/mol. The molecule has 0 aliphatic carbocycles. The third-order valence-electron chi connectivity index (χ3n) is 6.69. The molecule has 2 aliphatic heterocycles. The lowest BCUT2D eigenvalue weighted by atomic mass is 9.82. The first-order valence-electron chi connectivity index (χ1n) is 12.0. The summed E-state index contributed by atoms with van der Waals surface area (Å²) in [6.07, 6.45) is 6.25. The van der Waals surface area contributed by atoms with Crippen molar-refractivity contribution in [2.24, 2.45) is 5.16 Å². The maximum Gasteiger partial charge on any atom is 0.268 e. The second-order valence-electron chi connectivity index (χ2n) is 9.10. The summed E-state index contributed by atoms with van der Waals surface area (Å²) in [6.45, 7) is 1.53. The van der Waals surface area contributed by atoms with E-state index in [-0.39, 0.29) is 5.60 Å². The van der Waals surface area contributed by atoms with Gasteiger partial charge < -0.3 is 18.9 Å². The summed E-state index contributed by atoms with van der Waals surface area (Å²) in [6, 6.07) is 13.3. The van der Waals surface area contributed by atoms with Gasteiger partial charge >= 0.3 is 0 Å². The monoisotopic (exact) mass is 517 g/mol. The van der Waals surface area contributed by atoms with Crippen LogP contribution in [0.2, 0.25) is 5.02 Å². The number of anilines is 1. The van der Waals surface area contributed by atoms with Crippen molar-refractivity contribution in [3.8, 4) is 17.3 Å². The number of hydrogen-bond donors (Lipinski definition) is 0. The van der Waals surface area contributed by atoms with E-state index in [2.05, 4.69) is 35.4 Å². The zero-order chi connectivity index (χ0) is 25.2. The zero-order valence-corrected chi connectivity index (χ0v) is 20.9. The highest BCUT2D eigenvalue weighted by molar-refractivity contribution is 6.34. The first-order valence-corrected chi connectivity index (χ1v) is 12.4. The van der Waals surface area contributed by atoms with Crippen molar-refractivity contribution in [3.05, 3.63) is 76.9 Å². The number of nitrogens with zero attached hydrogens (tertiary/aromatic N) is 7. The Balaban J connectivity index is 1.13. The number of oxime groups is 1. The van der Waals surface area contributed by atoms with Crippen LogP contribution >= 0.6 is 11.6 Å². The molecule has 1 saturated heterocycles. The third kappa shape index (κ3) is 4.72. The molecule has 0 atom stereocenters. The minimum Gasteiger partial charge on any atom is -0.486 e. The molecule has 1 aromatic carbocycles. The molecule has 4 aromatic rings. The quantitative estimate of drug-likeness (QED) is 0.357. The van der Waals surface area contributed by atoms with Crippen molar-refractivity contribution >= 4 is 23.1 Å². The zero-order valence-electron chi connectivity index (χ0n) is 20.2. The van der Waals surface area contributed by atoms with E-state index >= 15 is 0 Å². The van der Waals surface area contributed by atoms with Crippen LogP contribution in [-0.4, -0.2) is 56.9 Å². The maximum atomic E-state index is 6.51. The molecule has 0 bridgehead atoms. The van der Waals surface area contributed by atoms with Crippen molar-refractivity contribution in [1.82, 2.24) is 25.4 Å². The standard InChI is InChI=1S/C26H24ClN7O3/c1-35-33-20-15-26(37-21-6-2-5-18(27)24(20)21)9-12-34(13-10-26)22-8-7-19(29-30-22)25-32-31-23(36-25)14-17-4-3-11-28-16-17/h2-8,11,16H,9-10,12-15H2,1H3. The van der Waals surface area contributed by atoms with Crippen molar-refractivity contribution < 1.29 is 14.0 Å². The molecule has 10 nitrogen and oxygen atoms in total. The van der Waals surface area contributed by atoms with Gasteiger partial charge in [0.1, 0.15) is 24.2 Å². The van der Waals surface area contributed by atoms with Gasteiger partial charge in [0.25, 0.3) is 5.89 Å². The summed E-state index contributed by atoms with van der Waals surface area (Å²) in [5.74, 6) is 2.38. The Hall–Kier alpha value is -4.05. The molecule has 0 amide bonds. The number of halogens is 1. The summed E-state index contributed by atoms with van der Waals surface area (Å²) in [5.41, 5.74) is 2.79. The average molecular weight is 518 g/mol. The van der Waals surface area contributed by atoms with Crippen LogP contribution in [0.4, 0.5) is 5.82 Å². The highest BCUT2D eigenvalue weighted by Gasteiger charge is 2.43. The predicted octanol–water partition coefficient (Wildman–Crippen LogP) is 4.34. The van der Waals surface area contributed by atoms with Crippen LogP contribution in [0, 0.1) is 0 Å². The van der Waals surface area contributed by atoms with E-state index in [0.29, 0.717) is 35.3 Å². The molecule has 5 heterocycles. The fourth-order valence-electron chi connectivity index (χ4n) is 4.86. The molecule has 0 saturated carbocycles. The minimum absolute atomic E-state index is 0.341. The molecule has 0 N–H and O–H groups in total. The summed E-state index contributed by atoms with van der Waals surface area (Å²) < 4.78 is 12.3. The highest BCUT2D eigenvalue weighted by Crippen LogP contribution is 2.42. The Morgan fingerprint density at radius 3 is 2.70 bits per heavy atom. The Kier molecular flexibility index (Phi) is 6.17. The fourth-order valence-corrected chi connectivity index (χ4v) is 5.13. The van der Waals surface area contributed by atoms with E-state index in [1.165, 1.54) is 0 Å². The van der Waals surface area contributed by atoms with Crippen LogP contribution in [0.15, 0.2) is 64.4 Å². The summed E-state index contributed by atoms with van der Waals surface area (Å²) in [7, 11) is 1.55. The van der Waals surface area contributed by atoms with E-state index in [9.17, 15) is 0 Å². The van der Waals surface area contributed by atoms with Gasteiger partial charge in [0.15, 0.2) is 5.82 Å². The number of pyridine rings is 1. The van der Waals surface area contributed by atoms with Crippen molar-refractivity contribution in [2.45, 2.75) is 31.3 Å². The van der Waals surface area contributed by atoms with E-state index < -0.39 is 0 Å². The van der Waals surface area contributed by atoms with Gasteiger partial charge in [-0.05, 0) is 35.9 Å². The maximum absolute atomic E-state index is 6.51. The number of fused-ring (bicyclic) bond motifs is 1. The fraction of sp³-hybridized carbons (Fsp3) is 0.308. The summed E-state index contributed by atoms with van der Waals surface area (Å²) >= 11 is 6.44. The second kappa shape index (κ2) is 9.78. The lowest BCUT2D eigenvalue weighted by Crippen LogP contribution is -2.51. The summed E-state index contributed by atoms with van der Waals surface area (Å²) in [4.78, 5) is 11.4. The molecule has 1 fully saturated rings. The highest BCUT2D eigenvalue weighted by atomic mass is 35.5. The van der Waals surface area contributed by atoms with Crippen LogP contribution in [0.1, 0.15) is 36.3 Å². The molecule has 0 unspecified atom stereocenters. The van der Waals surface area contributed by atoms with Crippen LogP contribution in [-0.2, 0) is 11.3 Å². The first kappa shape index (κ1) is 23.4. The Morgan fingerprint density at radius 1 is 1.05 bits per heavy atom. The van der Waals surface area contributed by atoms with Gasteiger partial charge in [-0.1, -0.05) is 28.9 Å². The first-order chi connectivity index (χ1) is 18.1. The van der Waals surface area contributed by atoms with Crippen LogP contribution in [0.25, 0.3) is 11.6 Å². The van der Waals surface area contributed by atoms with Gasteiger partial charge in [0.2, 0.25) is 5.89 Å². The van der Waals surface area contributed by atoms with Crippen molar-refractivity contribution in [1.29, 1.82) is 0 Å². The Morgan fingerprint density at radius 2 is 1.95 bits per heavy atom. The second-order valence-corrected chi connectivity index (χ2v) is 9.51. The van der Waals surface area contributed by atoms with Crippen LogP contribution < -0.4 is 9.64 Å². The molecule has 3 aromatic heterocycles. The summed E-state index contributed by atoms with van der Waals surface area (Å²) in [5, 5.41) is 21.9. The Bertz CT molecular complexity index is 1420. The number of hydrogen-bond acceptors (Lipinski definition) is 10. The molecule has 1 spiro atoms. The molecule has 6 rings (SSSR count). The van der Waals surface area contributed by atoms with E-state index in [0.717, 1.165) is 54.3 Å². The van der Waals surface area contributed by atoms with Gasteiger partial charge in [-0.25, -0.2) is 0 Å². The van der Waals surface area contributed by atoms with Gasteiger partial charge in [-0.3, -0.25) is 4.98 Å². The number of rotatable bonds is 5. The average Bonchev–Trinajstić information content (AvgIpc) is 3.38. The van der Waals surface area contributed by atoms with Gasteiger partial charge in [0.05, 0.1) is 22.7 Å². The number of ether oxygens (including phenoxy) is 1. The SMILES string of the molecule is CON=C1CC2(CCN(c3ccc(-c4nnc(Cc5cccnc5)o4)nn3)CC2)Oc2cccc(Cl)c21. The van der Waals surface area contributed by atoms with Crippen LogP contribution in [0.5, 0.6) is 5.75 Å². The number of aromatic nitrogens is 5. The normalized spacial score (nSPS) is 17.5. The van der Waals surface area contributed by atoms with Crippen LogP contribution in [0.3, 0.4) is 0 Å². The largest absolute Gasteiger partial charge is 0.486 e. The number of piperidine rings is 1. The molecule has 37 heavy (non-hydrogen) atoms. The van der Waals surface area contributed by atoms with Gasteiger partial charge in [-0.2, -0.15) is 0 Å². The Labute approximate surface area is 218 Å². The lowest BCUT2D eigenvalue weighted by Gasteiger charge is -2.45. The predicted molar refractivity (Wildman–Crippen MR) is 137 cm³/mol. The molecular formula is C26H24ClN7O3. The minimum atomic E-state index is -0.368. The van der Waals surface area contributed by atoms with Gasteiger partial charge in [0, 0.05) is 44.7 Å². The molecule has 2 aliphatic rings. The van der Waals surface area contributed by atoms with E-state index in [1.54, 1.807) is 19.5 Å². The number of benzene rings is 1. The lowest BCUT2D eigenvalue weighted by molar-refractivity contribution is 0.0433. The molecule has 188 valence electrons. The van der Waals surface area contributed by atoms with Crippen molar-refractivity contribution in [2.75, 3.05) is 25.1 Å². The van der Waals surface area contributed by atoms with E-state index in [4.69, 9.17) is 25.6 Å².